The summed E-state index contributed by atoms with van der Waals surface area (Å²) in [5.74, 6) is -1.13. The predicted molar refractivity (Wildman–Crippen MR) is 99.0 cm³/mol. The molecule has 0 aliphatic heterocycles. The fourth-order valence-electron chi connectivity index (χ4n) is 2.32. The topological polar surface area (TPSA) is 90.0 Å². The van der Waals surface area contributed by atoms with Crippen molar-refractivity contribution in [2.24, 2.45) is 0 Å². The average Bonchev–Trinajstić information content (AvgIpc) is 2.65. The van der Waals surface area contributed by atoms with E-state index < -0.39 is 22.0 Å². The minimum atomic E-state index is -3.66. The lowest BCUT2D eigenvalue weighted by Crippen LogP contribution is -2.22. The number of carbonyl (C=O) groups excluding carboxylic acids is 2. The molecule has 0 heterocycles. The molecule has 2 rings (SSSR count). The van der Waals surface area contributed by atoms with Gasteiger partial charge in [-0.05, 0) is 42.3 Å². The van der Waals surface area contributed by atoms with E-state index in [1.807, 2.05) is 0 Å². The third-order valence-corrected chi connectivity index (χ3v) is 5.74. The van der Waals surface area contributed by atoms with Crippen LogP contribution < -0.4 is 0 Å². The molecule has 0 aliphatic rings. The number of hydrogen-bond donors (Lipinski definition) is 0. The van der Waals surface area contributed by atoms with E-state index in [2.05, 4.69) is 4.74 Å². The number of methoxy groups -OCH3 is 1. The molecule has 2 aromatic rings. The molecule has 144 valence electrons. The summed E-state index contributed by atoms with van der Waals surface area (Å²) in [4.78, 5) is 24.0. The molecule has 0 atom stereocenters. The van der Waals surface area contributed by atoms with Crippen molar-refractivity contribution in [3.8, 4) is 0 Å². The highest BCUT2D eigenvalue weighted by Crippen LogP contribution is 2.19. The number of benzene rings is 2. The minimum absolute atomic E-state index is 0.0118. The molecule has 0 saturated carbocycles. The summed E-state index contributed by atoms with van der Waals surface area (Å²) >= 11 is 0. The van der Waals surface area contributed by atoms with E-state index in [0.717, 1.165) is 4.31 Å². The van der Waals surface area contributed by atoms with Crippen molar-refractivity contribution < 1.29 is 27.5 Å². The van der Waals surface area contributed by atoms with Crippen LogP contribution in [0, 0.1) is 6.92 Å². The van der Waals surface area contributed by atoms with Crippen LogP contribution in [0.25, 0.3) is 0 Å². The van der Waals surface area contributed by atoms with Crippen LogP contribution in [-0.4, -0.2) is 45.9 Å². The van der Waals surface area contributed by atoms with Crippen LogP contribution >= 0.6 is 0 Å². The molecule has 2 aromatic carbocycles. The first-order chi connectivity index (χ1) is 12.7. The van der Waals surface area contributed by atoms with Crippen molar-refractivity contribution in [2.75, 3.05) is 21.2 Å². The van der Waals surface area contributed by atoms with E-state index in [1.165, 1.54) is 33.3 Å². The van der Waals surface area contributed by atoms with Crippen LogP contribution in [0.15, 0.2) is 47.4 Å². The van der Waals surface area contributed by atoms with Gasteiger partial charge in [0.2, 0.25) is 10.0 Å². The van der Waals surface area contributed by atoms with Crippen LogP contribution in [-0.2, 0) is 26.1 Å². The fourth-order valence-corrected chi connectivity index (χ4v) is 3.25. The van der Waals surface area contributed by atoms with Crippen molar-refractivity contribution >= 4 is 22.0 Å². The molecule has 0 fully saturated rings. The van der Waals surface area contributed by atoms with E-state index in [9.17, 15) is 18.0 Å². The van der Waals surface area contributed by atoms with Gasteiger partial charge in [-0.15, -0.1) is 0 Å². The molecule has 0 radical (unpaired) electrons. The van der Waals surface area contributed by atoms with Gasteiger partial charge in [0.25, 0.3) is 0 Å². The highest BCUT2D eigenvalue weighted by molar-refractivity contribution is 7.89. The number of nitrogens with zero attached hydrogens (tertiary/aromatic N) is 1. The maximum absolute atomic E-state index is 12.4. The molecular formula is C19H21NO6S. The van der Waals surface area contributed by atoms with Crippen molar-refractivity contribution in [1.82, 2.24) is 4.31 Å². The van der Waals surface area contributed by atoms with Crippen molar-refractivity contribution in [3.05, 3.63) is 64.7 Å². The Labute approximate surface area is 158 Å². The lowest BCUT2D eigenvalue weighted by Gasteiger charge is -2.13. The first-order valence-corrected chi connectivity index (χ1v) is 9.48. The van der Waals surface area contributed by atoms with E-state index in [1.54, 1.807) is 37.3 Å². The molecule has 0 bridgehead atoms. The molecule has 0 aliphatic carbocycles. The van der Waals surface area contributed by atoms with Crippen molar-refractivity contribution in [2.45, 2.75) is 18.4 Å². The highest BCUT2D eigenvalue weighted by Gasteiger charge is 2.21. The lowest BCUT2D eigenvalue weighted by molar-refractivity contribution is 0.0471. The summed E-state index contributed by atoms with van der Waals surface area (Å²) in [5.41, 5.74) is 1.73. The van der Waals surface area contributed by atoms with E-state index >= 15 is 0 Å². The second-order valence-corrected chi connectivity index (χ2v) is 8.18. The SMILES string of the molecule is COC(=O)c1cccc(COC(=O)c2cc(S(=O)(=O)N(C)C)ccc2C)c1. The Bertz CT molecular complexity index is 966. The number of aryl methyl sites for hydroxylation is 1. The summed E-state index contributed by atoms with van der Waals surface area (Å²) in [7, 11) is 0.460. The van der Waals surface area contributed by atoms with E-state index in [0.29, 0.717) is 16.7 Å². The van der Waals surface area contributed by atoms with Gasteiger partial charge in [-0.25, -0.2) is 22.3 Å². The molecule has 0 saturated heterocycles. The molecule has 0 amide bonds. The van der Waals surface area contributed by atoms with Crippen molar-refractivity contribution in [1.29, 1.82) is 0 Å². The maximum Gasteiger partial charge on any atom is 0.338 e. The van der Waals surface area contributed by atoms with E-state index in [4.69, 9.17) is 4.74 Å². The normalized spacial score (nSPS) is 11.3. The first kappa shape index (κ1) is 20.6. The Balaban J connectivity index is 2.21. The van der Waals surface area contributed by atoms with Crippen LogP contribution in [0.4, 0.5) is 0 Å². The molecule has 0 unspecified atom stereocenters. The fraction of sp³-hybridized carbons (Fsp3) is 0.263. The molecule has 8 heteroatoms. The Morgan fingerprint density at radius 1 is 1.04 bits per heavy atom. The molecular weight excluding hydrogens is 370 g/mol. The van der Waals surface area contributed by atoms with Gasteiger partial charge in [-0.2, -0.15) is 0 Å². The Kier molecular flexibility index (Phi) is 6.35. The average molecular weight is 391 g/mol. The van der Waals surface area contributed by atoms with Crippen LogP contribution in [0.5, 0.6) is 0 Å². The van der Waals surface area contributed by atoms with Crippen LogP contribution in [0.2, 0.25) is 0 Å². The summed E-state index contributed by atoms with van der Waals surface area (Å²) in [6, 6.07) is 10.8. The van der Waals surface area contributed by atoms with E-state index in [-0.39, 0.29) is 17.1 Å². The monoisotopic (exact) mass is 391 g/mol. The molecule has 0 spiro atoms. The van der Waals surface area contributed by atoms with Gasteiger partial charge in [0, 0.05) is 14.1 Å². The standard InChI is InChI=1S/C19H21NO6S/c1-13-8-9-16(27(23,24)20(2)3)11-17(13)19(22)26-12-14-6-5-7-15(10-14)18(21)25-4/h5-11H,12H2,1-4H3. The van der Waals surface area contributed by atoms with Crippen LogP contribution in [0.3, 0.4) is 0 Å². The number of ether oxygens (including phenoxy) is 2. The van der Waals surface area contributed by atoms with Gasteiger partial charge < -0.3 is 9.47 Å². The number of carbonyl (C=O) groups is 2. The minimum Gasteiger partial charge on any atom is -0.465 e. The third kappa shape index (κ3) is 4.72. The largest absolute Gasteiger partial charge is 0.465 e. The van der Waals surface area contributed by atoms with Crippen molar-refractivity contribution in [3.63, 3.8) is 0 Å². The summed E-state index contributed by atoms with van der Waals surface area (Å²) in [5, 5.41) is 0. The summed E-state index contributed by atoms with van der Waals surface area (Å²) in [6.07, 6.45) is 0. The summed E-state index contributed by atoms with van der Waals surface area (Å²) < 4.78 is 35.5. The number of sulfonamides is 1. The zero-order chi connectivity index (χ0) is 20.2. The van der Waals surface area contributed by atoms with Gasteiger partial charge in [-0.3, -0.25) is 0 Å². The third-order valence-electron chi connectivity index (χ3n) is 3.93. The van der Waals surface area contributed by atoms with Gasteiger partial charge in [0.1, 0.15) is 6.61 Å². The Hall–Kier alpha value is -2.71. The molecule has 0 N–H and O–H groups in total. The first-order valence-electron chi connectivity index (χ1n) is 8.04. The number of hydrogen-bond acceptors (Lipinski definition) is 6. The van der Waals surface area contributed by atoms with Gasteiger partial charge >= 0.3 is 11.9 Å². The maximum atomic E-state index is 12.4. The second kappa shape index (κ2) is 8.32. The zero-order valence-corrected chi connectivity index (χ0v) is 16.4. The lowest BCUT2D eigenvalue weighted by atomic mass is 10.1. The Morgan fingerprint density at radius 2 is 1.74 bits per heavy atom. The smallest absolute Gasteiger partial charge is 0.338 e. The molecule has 0 aromatic heterocycles. The number of esters is 2. The second-order valence-electron chi connectivity index (χ2n) is 6.03. The van der Waals surface area contributed by atoms with Gasteiger partial charge in [-0.1, -0.05) is 18.2 Å². The van der Waals surface area contributed by atoms with Crippen LogP contribution in [0.1, 0.15) is 31.8 Å². The zero-order valence-electron chi connectivity index (χ0n) is 15.6. The van der Waals surface area contributed by atoms with Gasteiger partial charge in [0.05, 0.1) is 23.1 Å². The molecule has 27 heavy (non-hydrogen) atoms. The molecule has 7 nitrogen and oxygen atoms in total. The number of rotatable bonds is 6. The Morgan fingerprint density at radius 3 is 2.37 bits per heavy atom. The predicted octanol–water partition coefficient (Wildman–Crippen LogP) is 2.39. The quantitative estimate of drug-likeness (QED) is 0.703. The highest BCUT2D eigenvalue weighted by atomic mass is 32.2. The summed E-state index contributed by atoms with van der Waals surface area (Å²) in [6.45, 7) is 1.63. The van der Waals surface area contributed by atoms with Gasteiger partial charge in [0.15, 0.2) is 0 Å².